The molecule has 0 spiro atoms. The molecule has 1 N–H and O–H groups in total. The zero-order chi connectivity index (χ0) is 19.5. The van der Waals surface area contributed by atoms with Crippen LogP contribution in [0, 0.1) is 0 Å². The molecule has 0 radical (unpaired) electrons. The zero-order valence-corrected chi connectivity index (χ0v) is 16.7. The molecule has 2 aromatic rings. The Hall–Kier alpha value is -2.00. The van der Waals surface area contributed by atoms with Gasteiger partial charge in [-0.1, -0.05) is 12.1 Å². The number of aromatic nitrogens is 1. The van der Waals surface area contributed by atoms with Crippen molar-refractivity contribution in [1.82, 2.24) is 10.3 Å². The maximum atomic E-state index is 11.9. The lowest BCUT2D eigenvalue weighted by Crippen LogP contribution is -2.48. The van der Waals surface area contributed by atoms with Crippen LogP contribution < -0.4 is 5.32 Å². The highest BCUT2D eigenvalue weighted by atomic mass is 32.2. The number of sulfone groups is 1. The van der Waals surface area contributed by atoms with E-state index in [0.29, 0.717) is 19.3 Å². The minimum atomic E-state index is -3.11. The third kappa shape index (κ3) is 5.49. The monoisotopic (exact) mass is 410 g/mol. The number of aryl methyl sites for hydroxylation is 1. The van der Waals surface area contributed by atoms with Crippen LogP contribution in [0.25, 0.3) is 10.2 Å². The fourth-order valence-corrected chi connectivity index (χ4v) is 6.21. The molecule has 9 heteroatoms. The molecule has 1 fully saturated rings. The fraction of sp³-hybridized carbons (Fsp3) is 0.500. The second-order valence-corrected chi connectivity index (χ2v) is 10.3. The Morgan fingerprint density at radius 1 is 1.33 bits per heavy atom. The number of nitrogens with one attached hydrogen (secondary N) is 1. The lowest BCUT2D eigenvalue weighted by molar-refractivity contribution is -0.149. The van der Waals surface area contributed by atoms with E-state index < -0.39 is 33.9 Å². The molecular formula is C18H22N2O5S2. The minimum Gasteiger partial charge on any atom is -0.456 e. The van der Waals surface area contributed by atoms with Crippen LogP contribution in [0.2, 0.25) is 0 Å². The van der Waals surface area contributed by atoms with E-state index in [1.54, 1.807) is 18.3 Å². The smallest absolute Gasteiger partial charge is 0.306 e. The molecule has 27 heavy (non-hydrogen) atoms. The van der Waals surface area contributed by atoms with Crippen molar-refractivity contribution < 1.29 is 22.7 Å². The van der Waals surface area contributed by atoms with Gasteiger partial charge in [-0.15, -0.1) is 11.3 Å². The first-order valence-electron chi connectivity index (χ1n) is 8.76. The number of carbonyl (C=O) groups is 2. The Kier molecular flexibility index (Phi) is 5.81. The van der Waals surface area contributed by atoms with E-state index in [0.717, 1.165) is 15.2 Å². The van der Waals surface area contributed by atoms with Crippen molar-refractivity contribution in [3.05, 3.63) is 29.3 Å². The minimum absolute atomic E-state index is 0.0648. The number of nitrogens with zero attached hydrogens (tertiary/aromatic N) is 1. The molecule has 0 bridgehead atoms. The zero-order valence-electron chi connectivity index (χ0n) is 15.1. The molecule has 1 aliphatic rings. The molecule has 1 aromatic carbocycles. The third-order valence-electron chi connectivity index (χ3n) is 4.42. The predicted octanol–water partition coefficient (Wildman–Crippen LogP) is 1.86. The Morgan fingerprint density at radius 2 is 2.11 bits per heavy atom. The largest absolute Gasteiger partial charge is 0.456 e. The second kappa shape index (κ2) is 7.93. The SMILES string of the molecule is C[C@@]1(NC(=O)COC(=O)CCCc2nc3ccccc3s2)CCS(=O)(=O)C1. The van der Waals surface area contributed by atoms with Crippen LogP contribution in [0.15, 0.2) is 24.3 Å². The highest BCUT2D eigenvalue weighted by Crippen LogP contribution is 2.23. The molecule has 1 aromatic heterocycles. The van der Waals surface area contributed by atoms with Crippen LogP contribution in [-0.2, 0) is 30.6 Å². The van der Waals surface area contributed by atoms with Gasteiger partial charge < -0.3 is 10.1 Å². The van der Waals surface area contributed by atoms with Crippen molar-refractivity contribution in [2.45, 2.75) is 38.1 Å². The van der Waals surface area contributed by atoms with Crippen LogP contribution >= 0.6 is 11.3 Å². The van der Waals surface area contributed by atoms with E-state index in [4.69, 9.17) is 4.74 Å². The molecule has 1 atom stereocenters. The van der Waals surface area contributed by atoms with Gasteiger partial charge in [0.05, 0.1) is 32.3 Å². The van der Waals surface area contributed by atoms with Crippen LogP contribution in [0.3, 0.4) is 0 Å². The van der Waals surface area contributed by atoms with Crippen LogP contribution in [0.1, 0.15) is 31.2 Å². The molecule has 0 saturated carbocycles. The molecule has 7 nitrogen and oxygen atoms in total. The highest BCUT2D eigenvalue weighted by molar-refractivity contribution is 7.91. The molecule has 146 valence electrons. The number of para-hydroxylation sites is 1. The van der Waals surface area contributed by atoms with Gasteiger partial charge in [0.25, 0.3) is 5.91 Å². The molecule has 1 aliphatic heterocycles. The van der Waals surface area contributed by atoms with Gasteiger partial charge in [0.1, 0.15) is 0 Å². The normalized spacial score (nSPS) is 21.2. The van der Waals surface area contributed by atoms with E-state index in [9.17, 15) is 18.0 Å². The number of fused-ring (bicyclic) bond motifs is 1. The van der Waals surface area contributed by atoms with E-state index in [-0.39, 0.29) is 17.9 Å². The lowest BCUT2D eigenvalue weighted by atomic mass is 10.0. The summed E-state index contributed by atoms with van der Waals surface area (Å²) in [6.45, 7) is 1.30. The first-order valence-corrected chi connectivity index (χ1v) is 11.4. The summed E-state index contributed by atoms with van der Waals surface area (Å²) in [5, 5.41) is 3.63. The van der Waals surface area contributed by atoms with Gasteiger partial charge in [-0.05, 0) is 38.3 Å². The number of hydrogen-bond acceptors (Lipinski definition) is 7. The summed E-state index contributed by atoms with van der Waals surface area (Å²) in [6.07, 6.45) is 1.85. The van der Waals surface area contributed by atoms with Crippen molar-refractivity contribution in [2.75, 3.05) is 18.1 Å². The van der Waals surface area contributed by atoms with Gasteiger partial charge in [-0.2, -0.15) is 0 Å². The predicted molar refractivity (Wildman–Crippen MR) is 103 cm³/mol. The molecule has 1 saturated heterocycles. The summed E-state index contributed by atoms with van der Waals surface area (Å²) >= 11 is 1.61. The topological polar surface area (TPSA) is 102 Å². The Bertz CT molecular complexity index is 921. The molecule has 3 rings (SSSR count). The first kappa shape index (κ1) is 19.8. The number of benzene rings is 1. The van der Waals surface area contributed by atoms with E-state index >= 15 is 0 Å². The number of carbonyl (C=O) groups excluding carboxylic acids is 2. The summed E-state index contributed by atoms with van der Waals surface area (Å²) in [5.74, 6) is -0.943. The van der Waals surface area contributed by atoms with Crippen molar-refractivity contribution in [2.24, 2.45) is 0 Å². The average molecular weight is 411 g/mol. The van der Waals surface area contributed by atoms with Crippen LogP contribution in [0.4, 0.5) is 0 Å². The van der Waals surface area contributed by atoms with Crippen molar-refractivity contribution in [3.8, 4) is 0 Å². The molecule has 1 amide bonds. The van der Waals surface area contributed by atoms with Gasteiger partial charge in [0.2, 0.25) is 0 Å². The standard InChI is InChI=1S/C18H22N2O5S2/c1-18(9-10-27(23,24)12-18)20-15(21)11-25-17(22)8-4-7-16-19-13-5-2-3-6-14(13)26-16/h2-3,5-6H,4,7-12H2,1H3,(H,20,21)/t18-/m1/s1. The molecule has 0 unspecified atom stereocenters. The Balaban J connectivity index is 1.37. The molecular weight excluding hydrogens is 388 g/mol. The van der Waals surface area contributed by atoms with Crippen molar-refractivity contribution in [1.29, 1.82) is 0 Å². The maximum absolute atomic E-state index is 11.9. The summed E-state index contributed by atoms with van der Waals surface area (Å²) in [5.41, 5.74) is 0.175. The number of thiazole rings is 1. The van der Waals surface area contributed by atoms with Gasteiger partial charge >= 0.3 is 5.97 Å². The Morgan fingerprint density at radius 3 is 2.81 bits per heavy atom. The van der Waals surface area contributed by atoms with E-state index in [1.807, 2.05) is 24.3 Å². The van der Waals surface area contributed by atoms with Crippen LogP contribution in [-0.4, -0.2) is 48.9 Å². The lowest BCUT2D eigenvalue weighted by Gasteiger charge is -2.23. The van der Waals surface area contributed by atoms with E-state index in [1.165, 1.54) is 0 Å². The van der Waals surface area contributed by atoms with Gasteiger partial charge in [0, 0.05) is 6.42 Å². The van der Waals surface area contributed by atoms with E-state index in [2.05, 4.69) is 10.3 Å². The third-order valence-corrected chi connectivity index (χ3v) is 7.42. The fourth-order valence-electron chi connectivity index (χ4n) is 3.11. The maximum Gasteiger partial charge on any atom is 0.306 e. The van der Waals surface area contributed by atoms with Crippen molar-refractivity contribution >= 4 is 43.3 Å². The summed E-state index contributed by atoms with van der Waals surface area (Å²) in [4.78, 5) is 28.3. The summed E-state index contributed by atoms with van der Waals surface area (Å²) in [6, 6.07) is 7.88. The number of ether oxygens (including phenoxy) is 1. The van der Waals surface area contributed by atoms with Gasteiger partial charge in [-0.25, -0.2) is 13.4 Å². The Labute approximate surface area is 162 Å². The number of rotatable bonds is 7. The van der Waals surface area contributed by atoms with Crippen molar-refractivity contribution in [3.63, 3.8) is 0 Å². The first-order chi connectivity index (χ1) is 12.7. The number of esters is 1. The highest BCUT2D eigenvalue weighted by Gasteiger charge is 2.39. The molecule has 0 aliphatic carbocycles. The average Bonchev–Trinajstić information content (AvgIpc) is 3.12. The number of amides is 1. The quantitative estimate of drug-likeness (QED) is 0.699. The van der Waals surface area contributed by atoms with Crippen LogP contribution in [0.5, 0.6) is 0 Å². The second-order valence-electron chi connectivity index (χ2n) is 7.04. The van der Waals surface area contributed by atoms with Gasteiger partial charge in [-0.3, -0.25) is 9.59 Å². The summed E-state index contributed by atoms with van der Waals surface area (Å²) in [7, 11) is -3.11. The van der Waals surface area contributed by atoms with Gasteiger partial charge in [0.15, 0.2) is 16.4 Å². The summed E-state index contributed by atoms with van der Waals surface area (Å²) < 4.78 is 29.2. The molecule has 2 heterocycles. The number of hydrogen-bond donors (Lipinski definition) is 1.